The molecule has 0 aliphatic carbocycles. The van der Waals surface area contributed by atoms with E-state index >= 15 is 0 Å². The molecule has 156 valence electrons. The molecule has 3 rings (SSSR count). The van der Waals surface area contributed by atoms with Gasteiger partial charge in [-0.15, -0.1) is 0 Å². The van der Waals surface area contributed by atoms with Crippen molar-refractivity contribution in [3.05, 3.63) is 62.9 Å². The lowest BCUT2D eigenvalue weighted by Gasteiger charge is -2.36. The second-order valence-electron chi connectivity index (χ2n) is 7.57. The SMILES string of the molecule is Cc1cc(C(=O)O)c(F)cc1OCC1CCN(C(C)c2cc(Cl)cc(Cl)c2)CC1. The van der Waals surface area contributed by atoms with Crippen LogP contribution in [0.1, 0.15) is 47.3 Å². The molecule has 0 spiro atoms. The third-order valence-corrected chi connectivity index (χ3v) is 5.97. The van der Waals surface area contributed by atoms with Crippen LogP contribution in [0.25, 0.3) is 0 Å². The summed E-state index contributed by atoms with van der Waals surface area (Å²) in [6.45, 7) is 6.20. The van der Waals surface area contributed by atoms with Gasteiger partial charge in [0, 0.05) is 22.2 Å². The van der Waals surface area contributed by atoms with Crippen LogP contribution in [0.3, 0.4) is 0 Å². The molecule has 1 N–H and O–H groups in total. The average Bonchev–Trinajstić information content (AvgIpc) is 2.67. The van der Waals surface area contributed by atoms with Crippen molar-refractivity contribution in [3.63, 3.8) is 0 Å². The molecular formula is C22H24Cl2FNO3. The minimum Gasteiger partial charge on any atom is -0.493 e. The first kappa shape index (κ1) is 21.9. The van der Waals surface area contributed by atoms with E-state index in [4.69, 9.17) is 33.0 Å². The summed E-state index contributed by atoms with van der Waals surface area (Å²) in [6.07, 6.45) is 1.93. The van der Waals surface area contributed by atoms with Crippen LogP contribution in [-0.2, 0) is 0 Å². The molecule has 0 amide bonds. The third-order valence-electron chi connectivity index (χ3n) is 5.53. The summed E-state index contributed by atoms with van der Waals surface area (Å²) in [7, 11) is 0. The van der Waals surface area contributed by atoms with Crippen LogP contribution in [0, 0.1) is 18.7 Å². The number of piperidine rings is 1. The molecule has 29 heavy (non-hydrogen) atoms. The minimum atomic E-state index is -1.28. The number of likely N-dealkylation sites (tertiary alicyclic amines) is 1. The molecule has 0 saturated carbocycles. The van der Waals surface area contributed by atoms with Gasteiger partial charge in [0.2, 0.25) is 0 Å². The van der Waals surface area contributed by atoms with Gasteiger partial charge in [-0.2, -0.15) is 0 Å². The number of aromatic carboxylic acids is 1. The predicted octanol–water partition coefficient (Wildman–Crippen LogP) is 5.99. The second kappa shape index (κ2) is 9.33. The molecule has 1 heterocycles. The Morgan fingerprint density at radius 1 is 1.21 bits per heavy atom. The molecule has 1 aliphatic heterocycles. The molecule has 2 aromatic carbocycles. The highest BCUT2D eigenvalue weighted by atomic mass is 35.5. The van der Waals surface area contributed by atoms with E-state index in [-0.39, 0.29) is 11.6 Å². The zero-order valence-electron chi connectivity index (χ0n) is 16.4. The molecule has 4 nitrogen and oxygen atoms in total. The second-order valence-corrected chi connectivity index (χ2v) is 8.44. The summed E-state index contributed by atoms with van der Waals surface area (Å²) in [5.41, 5.74) is 1.38. The Kier molecular flexibility index (Phi) is 7.04. The quantitative estimate of drug-likeness (QED) is 0.600. The molecule has 1 fully saturated rings. The van der Waals surface area contributed by atoms with Crippen LogP contribution in [0.2, 0.25) is 10.0 Å². The molecular weight excluding hydrogens is 416 g/mol. The van der Waals surface area contributed by atoms with E-state index in [2.05, 4.69) is 11.8 Å². The Balaban J connectivity index is 1.55. The maximum Gasteiger partial charge on any atom is 0.338 e. The molecule has 1 atom stereocenters. The van der Waals surface area contributed by atoms with Gasteiger partial charge in [0.25, 0.3) is 0 Å². The van der Waals surface area contributed by atoms with Gasteiger partial charge in [-0.25, -0.2) is 9.18 Å². The first-order valence-corrected chi connectivity index (χ1v) is 10.4. The van der Waals surface area contributed by atoms with Crippen molar-refractivity contribution in [2.75, 3.05) is 19.7 Å². The zero-order valence-corrected chi connectivity index (χ0v) is 17.9. The fraction of sp³-hybridized carbons (Fsp3) is 0.409. The highest BCUT2D eigenvalue weighted by molar-refractivity contribution is 6.34. The van der Waals surface area contributed by atoms with Crippen LogP contribution < -0.4 is 4.74 Å². The van der Waals surface area contributed by atoms with E-state index in [1.165, 1.54) is 12.1 Å². The third kappa shape index (κ3) is 5.41. The van der Waals surface area contributed by atoms with Gasteiger partial charge in [-0.05, 0) is 81.1 Å². The predicted molar refractivity (Wildman–Crippen MR) is 113 cm³/mol. The van der Waals surface area contributed by atoms with Crippen molar-refractivity contribution in [1.29, 1.82) is 0 Å². The van der Waals surface area contributed by atoms with E-state index < -0.39 is 11.8 Å². The number of carboxylic acid groups (broad SMARTS) is 1. The Morgan fingerprint density at radius 2 is 1.83 bits per heavy atom. The first-order chi connectivity index (χ1) is 13.7. The van der Waals surface area contributed by atoms with Crippen molar-refractivity contribution in [2.45, 2.75) is 32.7 Å². The number of benzene rings is 2. The summed E-state index contributed by atoms with van der Waals surface area (Å²) in [5.74, 6) is -1.29. The number of aryl methyl sites for hydroxylation is 1. The van der Waals surface area contributed by atoms with E-state index in [0.29, 0.717) is 33.9 Å². The molecule has 7 heteroatoms. The van der Waals surface area contributed by atoms with Gasteiger partial charge < -0.3 is 9.84 Å². The largest absolute Gasteiger partial charge is 0.493 e. The van der Waals surface area contributed by atoms with Crippen molar-refractivity contribution >= 4 is 29.2 Å². The highest BCUT2D eigenvalue weighted by Crippen LogP contribution is 2.31. The highest BCUT2D eigenvalue weighted by Gasteiger charge is 2.25. The van der Waals surface area contributed by atoms with Crippen LogP contribution >= 0.6 is 23.2 Å². The van der Waals surface area contributed by atoms with Gasteiger partial charge in [-0.1, -0.05) is 23.2 Å². The minimum absolute atomic E-state index is 0.216. The molecule has 0 radical (unpaired) electrons. The molecule has 1 unspecified atom stereocenters. The Bertz CT molecular complexity index is 878. The van der Waals surface area contributed by atoms with E-state index in [9.17, 15) is 9.18 Å². The van der Waals surface area contributed by atoms with Gasteiger partial charge in [0.15, 0.2) is 0 Å². The lowest BCUT2D eigenvalue weighted by molar-refractivity contribution is 0.0691. The van der Waals surface area contributed by atoms with E-state index in [1.807, 2.05) is 12.1 Å². The molecule has 0 aromatic heterocycles. The fourth-order valence-corrected chi connectivity index (χ4v) is 4.27. The monoisotopic (exact) mass is 439 g/mol. The number of halogens is 3. The summed E-state index contributed by atoms with van der Waals surface area (Å²) >= 11 is 12.3. The Labute approximate surface area is 180 Å². The maximum atomic E-state index is 13.9. The number of carbonyl (C=O) groups is 1. The van der Waals surface area contributed by atoms with Crippen molar-refractivity contribution in [3.8, 4) is 5.75 Å². The van der Waals surface area contributed by atoms with Crippen molar-refractivity contribution in [2.24, 2.45) is 5.92 Å². The summed E-state index contributed by atoms with van der Waals surface area (Å²) in [5, 5.41) is 10.3. The number of ether oxygens (including phenoxy) is 1. The van der Waals surface area contributed by atoms with Crippen LogP contribution in [0.4, 0.5) is 4.39 Å². The van der Waals surface area contributed by atoms with Crippen LogP contribution in [0.5, 0.6) is 5.75 Å². The number of hydrogen-bond acceptors (Lipinski definition) is 3. The lowest BCUT2D eigenvalue weighted by atomic mass is 9.95. The Hall–Kier alpha value is -1.82. The van der Waals surface area contributed by atoms with E-state index in [0.717, 1.165) is 31.5 Å². The fourth-order valence-electron chi connectivity index (χ4n) is 3.72. The maximum absolute atomic E-state index is 13.9. The summed E-state index contributed by atoms with van der Waals surface area (Å²) < 4.78 is 19.7. The lowest BCUT2D eigenvalue weighted by Crippen LogP contribution is -2.37. The van der Waals surface area contributed by atoms with Gasteiger partial charge in [-0.3, -0.25) is 4.90 Å². The first-order valence-electron chi connectivity index (χ1n) is 9.61. The molecule has 2 aromatic rings. The van der Waals surface area contributed by atoms with Crippen molar-refractivity contribution < 1.29 is 19.0 Å². The summed E-state index contributed by atoms with van der Waals surface area (Å²) in [4.78, 5) is 13.4. The van der Waals surface area contributed by atoms with Gasteiger partial charge >= 0.3 is 5.97 Å². The van der Waals surface area contributed by atoms with Crippen LogP contribution in [-0.4, -0.2) is 35.7 Å². The Morgan fingerprint density at radius 3 is 2.41 bits per heavy atom. The molecule has 0 bridgehead atoms. The van der Waals surface area contributed by atoms with Crippen LogP contribution in [0.15, 0.2) is 30.3 Å². The molecule has 1 aliphatic rings. The number of hydrogen-bond donors (Lipinski definition) is 1. The summed E-state index contributed by atoms with van der Waals surface area (Å²) in [6, 6.07) is 8.33. The van der Waals surface area contributed by atoms with Crippen molar-refractivity contribution in [1.82, 2.24) is 4.90 Å². The zero-order chi connectivity index (χ0) is 21.1. The van der Waals surface area contributed by atoms with E-state index in [1.54, 1.807) is 13.0 Å². The topological polar surface area (TPSA) is 49.8 Å². The standard InChI is InChI=1S/C22H24Cl2FNO3/c1-13-7-19(22(27)28)20(25)11-21(13)29-12-15-3-5-26(6-4-15)14(2)16-8-17(23)10-18(24)9-16/h7-11,14-15H,3-6,12H2,1-2H3,(H,27,28). The number of nitrogens with zero attached hydrogens (tertiary/aromatic N) is 1. The number of rotatable bonds is 6. The normalized spacial score (nSPS) is 16.6. The average molecular weight is 440 g/mol. The smallest absolute Gasteiger partial charge is 0.338 e. The van der Waals surface area contributed by atoms with Gasteiger partial charge in [0.1, 0.15) is 11.6 Å². The molecule has 1 saturated heterocycles. The van der Waals surface area contributed by atoms with Gasteiger partial charge in [0.05, 0.1) is 12.2 Å². The number of carboxylic acids is 1.